The Labute approximate surface area is 136 Å². The minimum absolute atomic E-state index is 0.0778. The highest BCUT2D eigenvalue weighted by Gasteiger charge is 2.37. The van der Waals surface area contributed by atoms with Crippen LogP contribution in [0.25, 0.3) is 0 Å². The summed E-state index contributed by atoms with van der Waals surface area (Å²) in [6.45, 7) is 12.4. The largest absolute Gasteiger partial charge is 0.384 e. The molecule has 4 heteroatoms. The number of methoxy groups -OCH3 is 1. The van der Waals surface area contributed by atoms with Gasteiger partial charge < -0.3 is 18.9 Å². The van der Waals surface area contributed by atoms with Crippen molar-refractivity contribution < 1.29 is 18.9 Å². The molecule has 1 saturated heterocycles. The topological polar surface area (TPSA) is 36.9 Å². The zero-order valence-electron chi connectivity index (χ0n) is 15.2. The second kappa shape index (κ2) is 10.6. The lowest BCUT2D eigenvalue weighted by Crippen LogP contribution is -2.44. The predicted molar refractivity (Wildman–Crippen MR) is 89.3 cm³/mol. The molecule has 132 valence electrons. The van der Waals surface area contributed by atoms with Crippen molar-refractivity contribution in [1.82, 2.24) is 0 Å². The Morgan fingerprint density at radius 1 is 1.14 bits per heavy atom. The van der Waals surface area contributed by atoms with Gasteiger partial charge in [0.2, 0.25) is 0 Å². The van der Waals surface area contributed by atoms with Gasteiger partial charge in [-0.2, -0.15) is 0 Å². The third-order valence-corrected chi connectivity index (χ3v) is 5.04. The van der Waals surface area contributed by atoms with Crippen molar-refractivity contribution in [3.05, 3.63) is 0 Å². The first-order valence-electron chi connectivity index (χ1n) is 8.87. The molecule has 0 aromatic carbocycles. The lowest BCUT2D eigenvalue weighted by atomic mass is 9.76. The molecular formula is C18H36O4. The van der Waals surface area contributed by atoms with Crippen LogP contribution in [0.2, 0.25) is 0 Å². The molecule has 22 heavy (non-hydrogen) atoms. The maximum atomic E-state index is 6.06. The van der Waals surface area contributed by atoms with E-state index in [0.717, 1.165) is 32.3 Å². The average Bonchev–Trinajstić information content (AvgIpc) is 3.04. The van der Waals surface area contributed by atoms with E-state index in [0.29, 0.717) is 32.3 Å². The van der Waals surface area contributed by atoms with E-state index in [4.69, 9.17) is 18.9 Å². The molecule has 1 heterocycles. The lowest BCUT2D eigenvalue weighted by Gasteiger charge is -2.38. The summed E-state index contributed by atoms with van der Waals surface area (Å²) < 4.78 is 23.3. The first-order valence-corrected chi connectivity index (χ1v) is 8.87. The van der Waals surface area contributed by atoms with Crippen molar-refractivity contribution in [3.8, 4) is 0 Å². The number of hydrogen-bond acceptors (Lipinski definition) is 4. The van der Waals surface area contributed by atoms with Gasteiger partial charge in [0.1, 0.15) is 0 Å². The van der Waals surface area contributed by atoms with Crippen LogP contribution in [-0.4, -0.2) is 52.4 Å². The van der Waals surface area contributed by atoms with E-state index in [-0.39, 0.29) is 17.6 Å². The fraction of sp³-hybridized carbons (Fsp3) is 1.00. The number of rotatable bonds is 12. The molecule has 0 aromatic heterocycles. The molecule has 0 aliphatic carbocycles. The summed E-state index contributed by atoms with van der Waals surface area (Å²) in [5.41, 5.74) is -0.0778. The molecule has 0 bridgehead atoms. The van der Waals surface area contributed by atoms with Gasteiger partial charge in [-0.25, -0.2) is 0 Å². The van der Waals surface area contributed by atoms with Crippen LogP contribution in [0, 0.1) is 11.3 Å². The van der Waals surface area contributed by atoms with E-state index >= 15 is 0 Å². The summed E-state index contributed by atoms with van der Waals surface area (Å²) >= 11 is 0. The van der Waals surface area contributed by atoms with Gasteiger partial charge in [0.25, 0.3) is 0 Å². The highest BCUT2D eigenvalue weighted by atomic mass is 16.5. The van der Waals surface area contributed by atoms with Crippen LogP contribution in [0.3, 0.4) is 0 Å². The lowest BCUT2D eigenvalue weighted by molar-refractivity contribution is -0.112. The van der Waals surface area contributed by atoms with E-state index in [1.165, 1.54) is 0 Å². The smallest absolute Gasteiger partial charge is 0.0809 e. The summed E-state index contributed by atoms with van der Waals surface area (Å²) in [5.74, 6) is 0.487. The third kappa shape index (κ3) is 6.15. The Morgan fingerprint density at radius 3 is 2.45 bits per heavy atom. The Balaban J connectivity index is 2.59. The molecule has 0 amide bonds. The zero-order valence-corrected chi connectivity index (χ0v) is 15.2. The monoisotopic (exact) mass is 316 g/mol. The average molecular weight is 316 g/mol. The van der Waals surface area contributed by atoms with Crippen LogP contribution in [0.4, 0.5) is 0 Å². The summed E-state index contributed by atoms with van der Waals surface area (Å²) in [7, 11) is 1.76. The molecular weight excluding hydrogens is 280 g/mol. The summed E-state index contributed by atoms with van der Waals surface area (Å²) in [6, 6.07) is 0. The molecule has 0 N–H and O–H groups in total. The van der Waals surface area contributed by atoms with Crippen LogP contribution in [0.5, 0.6) is 0 Å². The Hall–Kier alpha value is -0.160. The summed E-state index contributed by atoms with van der Waals surface area (Å²) in [4.78, 5) is 0. The molecule has 1 fully saturated rings. The number of hydrogen-bond donors (Lipinski definition) is 0. The minimum atomic E-state index is -0.0778. The van der Waals surface area contributed by atoms with Gasteiger partial charge >= 0.3 is 0 Å². The predicted octanol–water partition coefficient (Wildman–Crippen LogP) is 3.68. The molecule has 1 aliphatic rings. The molecule has 4 atom stereocenters. The van der Waals surface area contributed by atoms with Gasteiger partial charge in [0, 0.05) is 19.1 Å². The molecule has 0 radical (unpaired) electrons. The van der Waals surface area contributed by atoms with E-state index in [2.05, 4.69) is 27.7 Å². The zero-order chi connectivity index (χ0) is 16.4. The van der Waals surface area contributed by atoms with Crippen LogP contribution in [0.1, 0.15) is 53.4 Å². The van der Waals surface area contributed by atoms with Crippen molar-refractivity contribution in [1.29, 1.82) is 0 Å². The molecule has 0 saturated carbocycles. The third-order valence-electron chi connectivity index (χ3n) is 5.04. The maximum Gasteiger partial charge on any atom is 0.0809 e. The van der Waals surface area contributed by atoms with Crippen molar-refractivity contribution in [2.45, 2.75) is 65.6 Å². The maximum absolute atomic E-state index is 6.06. The van der Waals surface area contributed by atoms with Gasteiger partial charge in [0.15, 0.2) is 0 Å². The highest BCUT2D eigenvalue weighted by Crippen LogP contribution is 2.32. The molecule has 0 spiro atoms. The van der Waals surface area contributed by atoms with E-state index < -0.39 is 0 Å². The van der Waals surface area contributed by atoms with Crippen LogP contribution < -0.4 is 0 Å². The Bertz CT molecular complexity index is 278. The fourth-order valence-electron chi connectivity index (χ4n) is 2.87. The van der Waals surface area contributed by atoms with Gasteiger partial charge in [-0.1, -0.05) is 27.2 Å². The Morgan fingerprint density at radius 2 is 1.91 bits per heavy atom. The fourth-order valence-corrected chi connectivity index (χ4v) is 2.87. The Kier molecular flexibility index (Phi) is 9.57. The van der Waals surface area contributed by atoms with Crippen molar-refractivity contribution in [2.75, 3.05) is 40.1 Å². The van der Waals surface area contributed by atoms with Gasteiger partial charge in [-0.05, 0) is 32.1 Å². The molecule has 1 rings (SSSR count). The van der Waals surface area contributed by atoms with Crippen LogP contribution in [0.15, 0.2) is 0 Å². The molecule has 1 aliphatic heterocycles. The van der Waals surface area contributed by atoms with Crippen LogP contribution >= 0.6 is 0 Å². The first kappa shape index (κ1) is 19.9. The molecule has 4 unspecified atom stereocenters. The van der Waals surface area contributed by atoms with Crippen molar-refractivity contribution in [2.24, 2.45) is 11.3 Å². The second-order valence-electron chi connectivity index (χ2n) is 6.78. The quantitative estimate of drug-likeness (QED) is 0.550. The van der Waals surface area contributed by atoms with Gasteiger partial charge in [0.05, 0.1) is 38.6 Å². The standard InChI is InChI=1S/C18H36O4/c1-6-15(3)18(12-19-5,14-22-16(4)7-2)13-20-11-17-9-8-10-21-17/h15-17H,6-14H2,1-5H3. The van der Waals surface area contributed by atoms with Crippen molar-refractivity contribution in [3.63, 3.8) is 0 Å². The van der Waals surface area contributed by atoms with Gasteiger partial charge in [-0.3, -0.25) is 0 Å². The van der Waals surface area contributed by atoms with E-state index in [9.17, 15) is 0 Å². The normalized spacial score (nSPS) is 24.1. The number of ether oxygens (including phenoxy) is 4. The van der Waals surface area contributed by atoms with Gasteiger partial charge in [-0.15, -0.1) is 0 Å². The minimum Gasteiger partial charge on any atom is -0.384 e. The first-order chi connectivity index (χ1) is 10.6. The van der Waals surface area contributed by atoms with E-state index in [1.807, 2.05) is 0 Å². The summed E-state index contributed by atoms with van der Waals surface area (Å²) in [6.07, 6.45) is 4.94. The second-order valence-corrected chi connectivity index (χ2v) is 6.78. The highest BCUT2D eigenvalue weighted by molar-refractivity contribution is 4.84. The van der Waals surface area contributed by atoms with Crippen molar-refractivity contribution >= 4 is 0 Å². The molecule has 0 aromatic rings. The molecule has 4 nitrogen and oxygen atoms in total. The van der Waals surface area contributed by atoms with Crippen LogP contribution in [-0.2, 0) is 18.9 Å². The SMILES string of the molecule is CCC(C)OCC(COC)(COCC1CCCO1)C(C)CC. The summed E-state index contributed by atoms with van der Waals surface area (Å²) in [5, 5.41) is 0. The van der Waals surface area contributed by atoms with E-state index in [1.54, 1.807) is 7.11 Å².